The lowest BCUT2D eigenvalue weighted by Crippen LogP contribution is -2.42. The molecule has 1 fully saturated rings. The molecule has 0 atom stereocenters. The van der Waals surface area contributed by atoms with E-state index < -0.39 is 0 Å². The third-order valence-electron chi connectivity index (χ3n) is 2.80. The minimum atomic E-state index is -0.363. The molecular formula is C10H15BN2O4. The van der Waals surface area contributed by atoms with Gasteiger partial charge in [0.05, 0.1) is 18.7 Å². The van der Waals surface area contributed by atoms with Crippen molar-refractivity contribution in [3.05, 3.63) is 11.7 Å². The molecule has 1 aliphatic carbocycles. The van der Waals surface area contributed by atoms with Crippen molar-refractivity contribution < 1.29 is 19.3 Å². The summed E-state index contributed by atoms with van der Waals surface area (Å²) in [6.45, 7) is 0. The van der Waals surface area contributed by atoms with Gasteiger partial charge in [-0.25, -0.2) is 0 Å². The molecule has 6 nitrogen and oxygen atoms in total. The Morgan fingerprint density at radius 2 is 2.24 bits per heavy atom. The summed E-state index contributed by atoms with van der Waals surface area (Å²) in [7, 11) is 0.996. The molecule has 0 saturated heterocycles. The smallest absolute Gasteiger partial charge is 0.308 e. The van der Waals surface area contributed by atoms with Crippen molar-refractivity contribution >= 4 is 25.4 Å². The summed E-state index contributed by atoms with van der Waals surface area (Å²) >= 11 is 0. The maximum atomic E-state index is 11.1. The summed E-state index contributed by atoms with van der Waals surface area (Å²) < 4.78 is 4.60. The second-order valence-electron chi connectivity index (χ2n) is 3.91. The van der Waals surface area contributed by atoms with E-state index in [1.54, 1.807) is 0 Å². The molecule has 1 aliphatic rings. The number of allylic oxidation sites excluding steroid dienone is 1. The zero-order valence-corrected chi connectivity index (χ0v) is 9.60. The molecule has 0 bridgehead atoms. The highest BCUT2D eigenvalue weighted by molar-refractivity contribution is 6.56. The summed E-state index contributed by atoms with van der Waals surface area (Å²) in [5.74, 6) is -0.288. The number of carbonyl (C=O) groups is 2. The van der Waals surface area contributed by atoms with Crippen LogP contribution in [0, 0.1) is 11.3 Å². The van der Waals surface area contributed by atoms with Crippen LogP contribution in [0.1, 0.15) is 12.8 Å². The first-order valence-corrected chi connectivity index (χ1v) is 5.30. The van der Waals surface area contributed by atoms with Crippen LogP contribution in [-0.4, -0.2) is 43.6 Å². The van der Waals surface area contributed by atoms with Crippen LogP contribution in [0.15, 0.2) is 11.7 Å². The van der Waals surface area contributed by atoms with Gasteiger partial charge in [-0.2, -0.15) is 0 Å². The van der Waals surface area contributed by atoms with Crippen LogP contribution in [0.25, 0.3) is 0 Å². The Bertz CT molecular complexity index is 350. The van der Waals surface area contributed by atoms with Gasteiger partial charge in [0.15, 0.2) is 6.29 Å². The van der Waals surface area contributed by atoms with Gasteiger partial charge in [-0.15, -0.1) is 0 Å². The fraction of sp³-hybridized carbons (Fsp3) is 0.500. The number of ether oxygens (including phenoxy) is 1. The Kier molecular flexibility index (Phi) is 4.90. The lowest BCUT2D eigenvalue weighted by atomic mass is 9.80. The molecule has 3 N–H and O–H groups in total. The molecule has 7 heteroatoms. The van der Waals surface area contributed by atoms with Gasteiger partial charge in [0.2, 0.25) is 0 Å². The number of esters is 1. The monoisotopic (exact) mass is 238 g/mol. The van der Waals surface area contributed by atoms with Gasteiger partial charge in [-0.1, -0.05) is 0 Å². The molecule has 17 heavy (non-hydrogen) atoms. The van der Waals surface area contributed by atoms with Gasteiger partial charge in [0.1, 0.15) is 0 Å². The van der Waals surface area contributed by atoms with Crippen LogP contribution in [0.4, 0.5) is 0 Å². The van der Waals surface area contributed by atoms with E-state index in [2.05, 4.69) is 10.1 Å². The summed E-state index contributed by atoms with van der Waals surface area (Å²) in [5, 5.41) is 19.1. The molecule has 0 radical (unpaired) electrons. The Morgan fingerprint density at radius 3 is 2.71 bits per heavy atom. The molecule has 92 valence electrons. The minimum absolute atomic E-state index is 0.0750. The topological polar surface area (TPSA) is 99.5 Å². The average Bonchev–Trinajstić information content (AvgIpc) is 2.30. The Balaban J connectivity index is 2.38. The maximum absolute atomic E-state index is 11.1. The van der Waals surface area contributed by atoms with Gasteiger partial charge in [0, 0.05) is 6.04 Å². The number of aldehydes is 1. The molecule has 0 aromatic rings. The molecule has 0 spiro atoms. The van der Waals surface area contributed by atoms with Crippen LogP contribution < -0.4 is 5.32 Å². The lowest BCUT2D eigenvalue weighted by Gasteiger charge is -2.33. The predicted molar refractivity (Wildman–Crippen MR) is 62.9 cm³/mol. The van der Waals surface area contributed by atoms with E-state index in [9.17, 15) is 9.59 Å². The normalized spacial score (nSPS) is 23.3. The number of nitrogens with one attached hydrogen (secondary N) is 2. The number of methoxy groups -OCH3 is 1. The summed E-state index contributed by atoms with van der Waals surface area (Å²) in [6, 6.07) is 0.125. The number of hydrogen-bond donors (Lipinski definition) is 3. The van der Waals surface area contributed by atoms with Crippen molar-refractivity contribution in [2.24, 2.45) is 5.92 Å². The van der Waals surface area contributed by atoms with Crippen molar-refractivity contribution in [2.45, 2.75) is 18.9 Å². The summed E-state index contributed by atoms with van der Waals surface area (Å²) in [4.78, 5) is 21.5. The third kappa shape index (κ3) is 3.42. The average molecular weight is 238 g/mol. The van der Waals surface area contributed by atoms with E-state index >= 15 is 0 Å². The van der Waals surface area contributed by atoms with Crippen molar-refractivity contribution in [1.29, 1.82) is 5.41 Å². The highest BCUT2D eigenvalue weighted by Crippen LogP contribution is 2.28. The summed E-state index contributed by atoms with van der Waals surface area (Å²) in [5.41, 5.74) is -0.00893. The van der Waals surface area contributed by atoms with Crippen LogP contribution in [0.2, 0.25) is 0 Å². The van der Waals surface area contributed by atoms with Crippen molar-refractivity contribution in [3.63, 3.8) is 0 Å². The summed E-state index contributed by atoms with van der Waals surface area (Å²) in [6.07, 6.45) is 3.16. The van der Waals surface area contributed by atoms with Gasteiger partial charge >= 0.3 is 13.5 Å². The maximum Gasteiger partial charge on any atom is 0.308 e. The van der Waals surface area contributed by atoms with E-state index in [1.165, 1.54) is 13.3 Å². The molecule has 1 saturated carbocycles. The standard InChI is InChI=1S/C10H15BN2O4/c1-17-10(15)6-2-7(3-6)13-4-8(11-16)9(12)5-14/h4-7,11-13,16H,2-3H2,1H3/b8-4+,12-9?. The second-order valence-corrected chi connectivity index (χ2v) is 3.91. The molecule has 0 heterocycles. The molecular weight excluding hydrogens is 223 g/mol. The van der Waals surface area contributed by atoms with E-state index in [1.807, 2.05) is 0 Å². The molecule has 0 unspecified atom stereocenters. The van der Waals surface area contributed by atoms with E-state index in [0.717, 1.165) is 0 Å². The van der Waals surface area contributed by atoms with Gasteiger partial charge in [-0.3, -0.25) is 15.0 Å². The van der Waals surface area contributed by atoms with Gasteiger partial charge in [-0.05, 0) is 24.5 Å². The highest BCUT2D eigenvalue weighted by atomic mass is 16.5. The Hall–Kier alpha value is -1.63. The number of hydrogen-bond acceptors (Lipinski definition) is 6. The molecule has 0 aromatic carbocycles. The first kappa shape index (κ1) is 13.4. The SMILES string of the molecule is COC(=O)C1CC(N/C=C(/BO)C(=N)C=O)C1. The molecule has 0 aliphatic heterocycles. The highest BCUT2D eigenvalue weighted by Gasteiger charge is 2.34. The van der Waals surface area contributed by atoms with Crippen LogP contribution in [0.5, 0.6) is 0 Å². The number of carbonyl (C=O) groups excluding carboxylic acids is 2. The minimum Gasteiger partial charge on any atom is -0.469 e. The quantitative estimate of drug-likeness (QED) is 0.237. The fourth-order valence-corrected chi connectivity index (χ4v) is 1.62. The van der Waals surface area contributed by atoms with Gasteiger partial charge in [0.25, 0.3) is 0 Å². The van der Waals surface area contributed by atoms with Crippen LogP contribution in [-0.2, 0) is 14.3 Å². The first-order valence-electron chi connectivity index (χ1n) is 5.30. The van der Waals surface area contributed by atoms with Crippen LogP contribution in [0.3, 0.4) is 0 Å². The van der Waals surface area contributed by atoms with E-state index in [4.69, 9.17) is 10.4 Å². The number of rotatable bonds is 6. The zero-order valence-electron chi connectivity index (χ0n) is 9.60. The largest absolute Gasteiger partial charge is 0.469 e. The first-order chi connectivity index (χ1) is 8.12. The van der Waals surface area contributed by atoms with Crippen molar-refractivity contribution in [1.82, 2.24) is 5.32 Å². The van der Waals surface area contributed by atoms with Gasteiger partial charge < -0.3 is 15.1 Å². The van der Waals surface area contributed by atoms with Crippen LogP contribution >= 0.6 is 0 Å². The Morgan fingerprint density at radius 1 is 1.59 bits per heavy atom. The molecule has 1 rings (SSSR count). The van der Waals surface area contributed by atoms with E-state index in [0.29, 0.717) is 19.1 Å². The third-order valence-corrected chi connectivity index (χ3v) is 2.80. The van der Waals surface area contributed by atoms with E-state index in [-0.39, 0.29) is 36.6 Å². The molecule has 0 aromatic heterocycles. The lowest BCUT2D eigenvalue weighted by molar-refractivity contribution is -0.149. The second kappa shape index (κ2) is 6.19. The van der Waals surface area contributed by atoms with Crippen molar-refractivity contribution in [3.8, 4) is 0 Å². The zero-order chi connectivity index (χ0) is 12.8. The Labute approximate surface area is 99.8 Å². The molecule has 0 amide bonds. The van der Waals surface area contributed by atoms with Crippen molar-refractivity contribution in [2.75, 3.05) is 7.11 Å². The fourth-order valence-electron chi connectivity index (χ4n) is 1.62. The predicted octanol–water partition coefficient (Wildman–Crippen LogP) is -1.07.